The third kappa shape index (κ3) is 3.38. The maximum absolute atomic E-state index is 13.4. The standard InChI is InChI=1S/C15H11BrClFO2/c1-20-10-3-4-12(16)11(8-10)15(19)7-9-2-5-13(17)14(18)6-9/h2-6,8H,7H2,1H3. The van der Waals surface area contributed by atoms with Crippen LogP contribution in [0.25, 0.3) is 0 Å². The number of Topliss-reactive ketones (excluding diaryl/α,β-unsaturated/α-hetero) is 1. The number of ketones is 1. The van der Waals surface area contributed by atoms with Crippen LogP contribution in [-0.4, -0.2) is 12.9 Å². The number of halogens is 3. The van der Waals surface area contributed by atoms with Gasteiger partial charge in [-0.15, -0.1) is 0 Å². The Hall–Kier alpha value is -1.39. The number of rotatable bonds is 4. The summed E-state index contributed by atoms with van der Waals surface area (Å²) in [5.41, 5.74) is 1.08. The van der Waals surface area contributed by atoms with Crippen LogP contribution in [0, 0.1) is 5.82 Å². The molecule has 0 bridgehead atoms. The van der Waals surface area contributed by atoms with Gasteiger partial charge >= 0.3 is 0 Å². The Bertz CT molecular complexity index is 658. The first-order chi connectivity index (χ1) is 9.51. The first kappa shape index (κ1) is 15.0. The summed E-state index contributed by atoms with van der Waals surface area (Å²) in [7, 11) is 1.53. The summed E-state index contributed by atoms with van der Waals surface area (Å²) in [6, 6.07) is 9.50. The minimum atomic E-state index is -0.526. The highest BCUT2D eigenvalue weighted by Crippen LogP contribution is 2.24. The lowest BCUT2D eigenvalue weighted by molar-refractivity contribution is 0.0992. The molecule has 0 radical (unpaired) electrons. The van der Waals surface area contributed by atoms with Crippen LogP contribution in [0.15, 0.2) is 40.9 Å². The van der Waals surface area contributed by atoms with Crippen molar-refractivity contribution in [1.29, 1.82) is 0 Å². The van der Waals surface area contributed by atoms with E-state index in [2.05, 4.69) is 15.9 Å². The molecule has 0 fully saturated rings. The van der Waals surface area contributed by atoms with Crippen molar-refractivity contribution in [2.75, 3.05) is 7.11 Å². The van der Waals surface area contributed by atoms with E-state index >= 15 is 0 Å². The monoisotopic (exact) mass is 356 g/mol. The van der Waals surface area contributed by atoms with Crippen molar-refractivity contribution in [2.24, 2.45) is 0 Å². The van der Waals surface area contributed by atoms with E-state index in [0.29, 0.717) is 21.3 Å². The highest BCUT2D eigenvalue weighted by Gasteiger charge is 2.13. The minimum absolute atomic E-state index is 0.0451. The van der Waals surface area contributed by atoms with Gasteiger partial charge in [-0.25, -0.2) is 4.39 Å². The summed E-state index contributed by atoms with van der Waals surface area (Å²) < 4.78 is 19.1. The van der Waals surface area contributed by atoms with Crippen LogP contribution in [-0.2, 0) is 6.42 Å². The molecule has 0 aliphatic carbocycles. The molecule has 5 heteroatoms. The van der Waals surface area contributed by atoms with E-state index in [0.717, 1.165) is 0 Å². The second-order valence-corrected chi connectivity index (χ2v) is 5.46. The Morgan fingerprint density at radius 1 is 1.30 bits per heavy atom. The van der Waals surface area contributed by atoms with Crippen LogP contribution < -0.4 is 4.74 Å². The van der Waals surface area contributed by atoms with Gasteiger partial charge in [0.2, 0.25) is 0 Å². The van der Waals surface area contributed by atoms with Crippen molar-refractivity contribution in [3.63, 3.8) is 0 Å². The predicted octanol–water partition coefficient (Wildman–Crippen LogP) is 4.68. The quantitative estimate of drug-likeness (QED) is 0.743. The second kappa shape index (κ2) is 6.37. The summed E-state index contributed by atoms with van der Waals surface area (Å²) in [5, 5.41) is 0.0451. The molecule has 0 N–H and O–H groups in total. The van der Waals surface area contributed by atoms with Crippen molar-refractivity contribution < 1.29 is 13.9 Å². The molecule has 0 saturated carbocycles. The fourth-order valence-electron chi connectivity index (χ4n) is 1.78. The molecule has 0 aliphatic rings. The van der Waals surface area contributed by atoms with Gasteiger partial charge < -0.3 is 4.74 Å². The lowest BCUT2D eigenvalue weighted by Gasteiger charge is -2.07. The molecule has 2 rings (SSSR count). The second-order valence-electron chi connectivity index (χ2n) is 4.19. The van der Waals surface area contributed by atoms with E-state index in [9.17, 15) is 9.18 Å². The third-order valence-corrected chi connectivity index (χ3v) is 3.82. The van der Waals surface area contributed by atoms with Gasteiger partial charge in [0.1, 0.15) is 11.6 Å². The molecule has 104 valence electrons. The molecule has 0 atom stereocenters. The van der Waals surface area contributed by atoms with Gasteiger partial charge in [-0.3, -0.25) is 4.79 Å². The van der Waals surface area contributed by atoms with E-state index in [1.54, 1.807) is 24.3 Å². The topological polar surface area (TPSA) is 26.3 Å². The Morgan fingerprint density at radius 3 is 2.70 bits per heavy atom. The SMILES string of the molecule is COc1ccc(Br)c(C(=O)Cc2ccc(Cl)c(F)c2)c1. The molecule has 2 aromatic rings. The largest absolute Gasteiger partial charge is 0.497 e. The number of methoxy groups -OCH3 is 1. The molecular weight excluding hydrogens is 347 g/mol. The van der Waals surface area contributed by atoms with Crippen molar-refractivity contribution in [2.45, 2.75) is 6.42 Å². The van der Waals surface area contributed by atoms with Crippen molar-refractivity contribution in [3.05, 3.63) is 62.8 Å². The zero-order chi connectivity index (χ0) is 14.7. The molecule has 2 nitrogen and oxygen atoms in total. The Kier molecular flexibility index (Phi) is 4.78. The van der Waals surface area contributed by atoms with Gasteiger partial charge in [-0.2, -0.15) is 0 Å². The maximum Gasteiger partial charge on any atom is 0.168 e. The number of carbonyl (C=O) groups is 1. The van der Waals surface area contributed by atoms with Gasteiger partial charge in [-0.05, 0) is 35.9 Å². The highest BCUT2D eigenvalue weighted by molar-refractivity contribution is 9.10. The van der Waals surface area contributed by atoms with Crippen molar-refractivity contribution >= 4 is 33.3 Å². The van der Waals surface area contributed by atoms with Gasteiger partial charge in [0.15, 0.2) is 5.78 Å². The van der Waals surface area contributed by atoms with E-state index in [-0.39, 0.29) is 17.2 Å². The van der Waals surface area contributed by atoms with Gasteiger partial charge in [0.05, 0.1) is 12.1 Å². The third-order valence-electron chi connectivity index (χ3n) is 2.82. The van der Waals surface area contributed by atoms with Crippen molar-refractivity contribution in [1.82, 2.24) is 0 Å². The number of hydrogen-bond donors (Lipinski definition) is 0. The highest BCUT2D eigenvalue weighted by atomic mass is 79.9. The molecule has 0 aromatic heterocycles. The van der Waals surface area contributed by atoms with Crippen LogP contribution in [0.1, 0.15) is 15.9 Å². The van der Waals surface area contributed by atoms with Gasteiger partial charge in [0.25, 0.3) is 0 Å². The van der Waals surface area contributed by atoms with E-state index in [1.165, 1.54) is 19.2 Å². The zero-order valence-electron chi connectivity index (χ0n) is 10.6. The summed E-state index contributed by atoms with van der Waals surface area (Å²) in [4.78, 5) is 12.3. The Balaban J connectivity index is 2.25. The summed E-state index contributed by atoms with van der Waals surface area (Å²) in [5.74, 6) is -0.0574. The molecule has 0 spiro atoms. The molecule has 0 aliphatic heterocycles. The summed E-state index contributed by atoms with van der Waals surface area (Å²) in [6.07, 6.45) is 0.0971. The lowest BCUT2D eigenvalue weighted by atomic mass is 10.0. The molecule has 20 heavy (non-hydrogen) atoms. The van der Waals surface area contributed by atoms with Crippen LogP contribution >= 0.6 is 27.5 Å². The lowest BCUT2D eigenvalue weighted by Crippen LogP contribution is -2.05. The van der Waals surface area contributed by atoms with Gasteiger partial charge in [0, 0.05) is 16.5 Å². The first-order valence-corrected chi connectivity index (χ1v) is 6.99. The average molecular weight is 358 g/mol. The van der Waals surface area contributed by atoms with Crippen LogP contribution in [0.2, 0.25) is 5.02 Å². The number of benzene rings is 2. The number of ether oxygens (including phenoxy) is 1. The fraction of sp³-hybridized carbons (Fsp3) is 0.133. The molecular formula is C15H11BrClFO2. The Morgan fingerprint density at radius 2 is 2.05 bits per heavy atom. The smallest absolute Gasteiger partial charge is 0.168 e. The fourth-order valence-corrected chi connectivity index (χ4v) is 2.36. The summed E-state index contributed by atoms with van der Waals surface area (Å²) >= 11 is 8.94. The molecule has 2 aromatic carbocycles. The average Bonchev–Trinajstić information content (AvgIpc) is 2.43. The summed E-state index contributed by atoms with van der Waals surface area (Å²) in [6.45, 7) is 0. The molecule has 0 saturated heterocycles. The number of carbonyl (C=O) groups excluding carboxylic acids is 1. The van der Waals surface area contributed by atoms with E-state index in [4.69, 9.17) is 16.3 Å². The normalized spacial score (nSPS) is 10.4. The molecule has 0 amide bonds. The first-order valence-electron chi connectivity index (χ1n) is 5.82. The van der Waals surface area contributed by atoms with Crippen molar-refractivity contribution in [3.8, 4) is 5.75 Å². The van der Waals surface area contributed by atoms with E-state index < -0.39 is 5.82 Å². The van der Waals surface area contributed by atoms with Crippen LogP contribution in [0.4, 0.5) is 4.39 Å². The maximum atomic E-state index is 13.4. The minimum Gasteiger partial charge on any atom is -0.497 e. The number of hydrogen-bond acceptors (Lipinski definition) is 2. The van der Waals surface area contributed by atoms with Gasteiger partial charge in [-0.1, -0.05) is 33.6 Å². The molecule has 0 heterocycles. The zero-order valence-corrected chi connectivity index (χ0v) is 13.0. The van der Waals surface area contributed by atoms with E-state index in [1.807, 2.05) is 0 Å². The molecule has 0 unspecified atom stereocenters. The van der Waals surface area contributed by atoms with Crippen LogP contribution in [0.5, 0.6) is 5.75 Å². The van der Waals surface area contributed by atoms with Crippen LogP contribution in [0.3, 0.4) is 0 Å². The Labute approximate surface area is 129 Å². The predicted molar refractivity (Wildman–Crippen MR) is 80.1 cm³/mol.